The van der Waals surface area contributed by atoms with Gasteiger partial charge in [0.25, 0.3) is 0 Å². The molecule has 1 rings (SSSR count). The molecular weight excluding hydrogens is 269 g/mol. The zero-order chi connectivity index (χ0) is 12.1. The summed E-state index contributed by atoms with van der Waals surface area (Å²) in [5.74, 6) is 0.348. The van der Waals surface area contributed by atoms with Crippen LogP contribution in [0.1, 0.15) is 25.8 Å². The first-order valence-corrected chi connectivity index (χ1v) is 6.49. The van der Waals surface area contributed by atoms with Gasteiger partial charge in [-0.3, -0.25) is 0 Å². The van der Waals surface area contributed by atoms with Gasteiger partial charge in [-0.25, -0.2) is 4.39 Å². The van der Waals surface area contributed by atoms with Crippen LogP contribution < -0.4 is 5.32 Å². The molecule has 1 aromatic rings. The topological polar surface area (TPSA) is 12.0 Å². The maximum absolute atomic E-state index is 12.9. The Bertz CT molecular complexity index is 337. The van der Waals surface area contributed by atoms with Gasteiger partial charge in [-0.15, -0.1) is 0 Å². The van der Waals surface area contributed by atoms with Gasteiger partial charge in [0, 0.05) is 10.5 Å². The van der Waals surface area contributed by atoms with E-state index >= 15 is 0 Å². The van der Waals surface area contributed by atoms with E-state index in [1.165, 1.54) is 17.7 Å². The predicted octanol–water partition coefficient (Wildman–Crippen LogP) is 3.76. The lowest BCUT2D eigenvalue weighted by Gasteiger charge is -2.22. The third-order valence-corrected chi connectivity index (χ3v) is 3.79. The van der Waals surface area contributed by atoms with Crippen molar-refractivity contribution in [3.05, 3.63) is 34.1 Å². The van der Waals surface area contributed by atoms with Crippen LogP contribution in [0.3, 0.4) is 0 Å². The highest BCUT2D eigenvalue weighted by Gasteiger charge is 2.15. The summed E-state index contributed by atoms with van der Waals surface area (Å²) in [6.07, 6.45) is 2.07. The lowest BCUT2D eigenvalue weighted by atomic mass is 9.92. The SMILES string of the molecule is CCC(NC)C(C)Cc1ccc(F)cc1Br. The van der Waals surface area contributed by atoms with Gasteiger partial charge in [-0.2, -0.15) is 0 Å². The van der Waals surface area contributed by atoms with E-state index in [1.54, 1.807) is 0 Å². The van der Waals surface area contributed by atoms with Gasteiger partial charge in [0.1, 0.15) is 5.82 Å². The third-order valence-electron chi connectivity index (χ3n) is 3.05. The molecule has 90 valence electrons. The van der Waals surface area contributed by atoms with Gasteiger partial charge in [-0.1, -0.05) is 35.8 Å². The molecule has 0 amide bonds. The van der Waals surface area contributed by atoms with Crippen molar-refractivity contribution in [2.75, 3.05) is 7.05 Å². The molecule has 0 heterocycles. The van der Waals surface area contributed by atoms with Gasteiger partial charge in [0.15, 0.2) is 0 Å². The van der Waals surface area contributed by atoms with Crippen LogP contribution in [0.4, 0.5) is 4.39 Å². The fraction of sp³-hybridized carbons (Fsp3) is 0.538. The Morgan fingerprint density at radius 1 is 1.44 bits per heavy atom. The van der Waals surface area contributed by atoms with Crippen LogP contribution in [0.5, 0.6) is 0 Å². The molecule has 2 atom stereocenters. The smallest absolute Gasteiger partial charge is 0.124 e. The van der Waals surface area contributed by atoms with E-state index in [4.69, 9.17) is 0 Å². The molecule has 2 unspecified atom stereocenters. The number of benzene rings is 1. The maximum atomic E-state index is 12.9. The predicted molar refractivity (Wildman–Crippen MR) is 70.1 cm³/mol. The van der Waals surface area contributed by atoms with E-state index in [0.29, 0.717) is 12.0 Å². The first-order chi connectivity index (χ1) is 7.58. The first kappa shape index (κ1) is 13.7. The van der Waals surface area contributed by atoms with E-state index in [-0.39, 0.29) is 5.82 Å². The lowest BCUT2D eigenvalue weighted by Crippen LogP contribution is -2.32. The van der Waals surface area contributed by atoms with Crippen LogP contribution in [0.2, 0.25) is 0 Å². The van der Waals surface area contributed by atoms with Crippen LogP contribution in [0.25, 0.3) is 0 Å². The fourth-order valence-corrected chi connectivity index (χ4v) is 2.58. The third kappa shape index (κ3) is 3.56. The Hall–Kier alpha value is -0.410. The van der Waals surface area contributed by atoms with E-state index < -0.39 is 0 Å². The van der Waals surface area contributed by atoms with Gasteiger partial charge in [-0.05, 0) is 43.5 Å². The number of nitrogens with one attached hydrogen (secondary N) is 1. The molecule has 0 saturated carbocycles. The van der Waals surface area contributed by atoms with Crippen molar-refractivity contribution in [1.82, 2.24) is 5.32 Å². The summed E-state index contributed by atoms with van der Waals surface area (Å²) in [5, 5.41) is 3.31. The van der Waals surface area contributed by atoms with E-state index in [9.17, 15) is 4.39 Å². The Morgan fingerprint density at radius 2 is 2.12 bits per heavy atom. The molecule has 0 aliphatic rings. The van der Waals surface area contributed by atoms with Gasteiger partial charge < -0.3 is 5.32 Å². The molecular formula is C13H19BrFN. The Labute approximate surface area is 106 Å². The number of rotatable bonds is 5. The Kier molecular flexibility index (Phi) is 5.42. The van der Waals surface area contributed by atoms with Gasteiger partial charge in [0.2, 0.25) is 0 Å². The highest BCUT2D eigenvalue weighted by molar-refractivity contribution is 9.10. The summed E-state index contributed by atoms with van der Waals surface area (Å²) in [5.41, 5.74) is 1.17. The highest BCUT2D eigenvalue weighted by Crippen LogP contribution is 2.22. The number of hydrogen-bond acceptors (Lipinski definition) is 1. The second-order valence-electron chi connectivity index (χ2n) is 4.22. The minimum atomic E-state index is -0.191. The summed E-state index contributed by atoms with van der Waals surface area (Å²) >= 11 is 3.41. The average molecular weight is 288 g/mol. The molecule has 1 N–H and O–H groups in total. The molecule has 1 aromatic carbocycles. The molecule has 3 heteroatoms. The molecule has 16 heavy (non-hydrogen) atoms. The van der Waals surface area contributed by atoms with Crippen molar-refractivity contribution in [1.29, 1.82) is 0 Å². The minimum Gasteiger partial charge on any atom is -0.317 e. The minimum absolute atomic E-state index is 0.191. The summed E-state index contributed by atoms with van der Waals surface area (Å²) in [6, 6.07) is 5.42. The summed E-state index contributed by atoms with van der Waals surface area (Å²) < 4.78 is 13.8. The monoisotopic (exact) mass is 287 g/mol. The van der Waals surface area contributed by atoms with Crippen LogP contribution in [-0.4, -0.2) is 13.1 Å². The Morgan fingerprint density at radius 3 is 2.62 bits per heavy atom. The normalized spacial score (nSPS) is 14.8. The van der Waals surface area contributed by atoms with Crippen LogP contribution in [-0.2, 0) is 6.42 Å². The van der Waals surface area contributed by atoms with Gasteiger partial charge in [0.05, 0.1) is 0 Å². The largest absolute Gasteiger partial charge is 0.317 e. The second-order valence-corrected chi connectivity index (χ2v) is 5.07. The van der Waals surface area contributed by atoms with Crippen LogP contribution in [0, 0.1) is 11.7 Å². The average Bonchev–Trinajstić information content (AvgIpc) is 2.24. The zero-order valence-electron chi connectivity index (χ0n) is 10.1. The van der Waals surface area contributed by atoms with Crippen molar-refractivity contribution in [3.8, 4) is 0 Å². The first-order valence-electron chi connectivity index (χ1n) is 5.69. The van der Waals surface area contributed by atoms with E-state index in [2.05, 4.69) is 35.1 Å². The summed E-state index contributed by atoms with van der Waals surface area (Å²) in [7, 11) is 1.99. The van der Waals surface area contributed by atoms with E-state index in [1.807, 2.05) is 13.1 Å². The van der Waals surface area contributed by atoms with E-state index in [0.717, 1.165) is 17.3 Å². The maximum Gasteiger partial charge on any atom is 0.124 e. The lowest BCUT2D eigenvalue weighted by molar-refractivity contribution is 0.386. The zero-order valence-corrected chi connectivity index (χ0v) is 11.6. The molecule has 0 saturated heterocycles. The molecule has 0 aromatic heterocycles. The van der Waals surface area contributed by atoms with Crippen molar-refractivity contribution in [2.24, 2.45) is 5.92 Å². The summed E-state index contributed by atoms with van der Waals surface area (Å²) in [4.78, 5) is 0. The van der Waals surface area contributed by atoms with Crippen molar-refractivity contribution < 1.29 is 4.39 Å². The van der Waals surface area contributed by atoms with Crippen molar-refractivity contribution in [3.63, 3.8) is 0 Å². The van der Waals surface area contributed by atoms with Gasteiger partial charge >= 0.3 is 0 Å². The fourth-order valence-electron chi connectivity index (χ4n) is 2.07. The molecule has 0 radical (unpaired) electrons. The standard InChI is InChI=1S/C13H19BrFN/c1-4-13(16-3)9(2)7-10-5-6-11(15)8-12(10)14/h5-6,8-9,13,16H,4,7H2,1-3H3. The van der Waals surface area contributed by atoms with Crippen molar-refractivity contribution >= 4 is 15.9 Å². The highest BCUT2D eigenvalue weighted by atomic mass is 79.9. The second kappa shape index (κ2) is 6.36. The molecule has 0 bridgehead atoms. The number of hydrogen-bond donors (Lipinski definition) is 1. The molecule has 0 fully saturated rings. The summed E-state index contributed by atoms with van der Waals surface area (Å²) in [6.45, 7) is 4.40. The number of halogens is 2. The molecule has 0 spiro atoms. The van der Waals surface area contributed by atoms with Crippen LogP contribution in [0.15, 0.2) is 22.7 Å². The molecule has 0 aliphatic carbocycles. The molecule has 1 nitrogen and oxygen atoms in total. The molecule has 0 aliphatic heterocycles. The van der Waals surface area contributed by atoms with Crippen LogP contribution >= 0.6 is 15.9 Å². The van der Waals surface area contributed by atoms with Crippen molar-refractivity contribution in [2.45, 2.75) is 32.7 Å². The Balaban J connectivity index is 2.72. The quantitative estimate of drug-likeness (QED) is 0.869.